The molecule has 0 aliphatic carbocycles. The van der Waals surface area contributed by atoms with Gasteiger partial charge in [-0.05, 0) is 19.1 Å². The summed E-state index contributed by atoms with van der Waals surface area (Å²) in [5, 5.41) is 8.14. The van der Waals surface area contributed by atoms with E-state index in [0.29, 0.717) is 10.9 Å². The Hall–Kier alpha value is -0.720. The van der Waals surface area contributed by atoms with E-state index >= 15 is 0 Å². The molecule has 1 atom stereocenters. The first-order valence-electron chi connectivity index (χ1n) is 5.22. The maximum atomic E-state index is 11.8. The number of thioether (sulfide) groups is 1. The van der Waals surface area contributed by atoms with Crippen LogP contribution in [-0.4, -0.2) is 39.9 Å². The van der Waals surface area contributed by atoms with E-state index in [2.05, 4.69) is 0 Å². The third kappa shape index (κ3) is 4.88. The Morgan fingerprint density at radius 2 is 2.22 bits per heavy atom. The SMILES string of the molecule is CC(SCC(=O)N(C)Cc1ccc(Cl)s1)C(=O)O. The van der Waals surface area contributed by atoms with Crippen LogP contribution in [0.5, 0.6) is 0 Å². The van der Waals surface area contributed by atoms with Gasteiger partial charge >= 0.3 is 5.97 Å². The fourth-order valence-corrected chi connectivity index (χ4v) is 3.03. The van der Waals surface area contributed by atoms with Gasteiger partial charge in [-0.25, -0.2) is 0 Å². The predicted molar refractivity (Wildman–Crippen MR) is 75.4 cm³/mol. The number of carboxylic acid groups (broad SMARTS) is 1. The molecule has 0 aliphatic heterocycles. The number of nitrogens with zero attached hydrogens (tertiary/aromatic N) is 1. The van der Waals surface area contributed by atoms with Crippen LogP contribution in [0.4, 0.5) is 0 Å². The van der Waals surface area contributed by atoms with Crippen molar-refractivity contribution in [3.05, 3.63) is 21.3 Å². The van der Waals surface area contributed by atoms with Gasteiger partial charge in [0.1, 0.15) is 0 Å². The van der Waals surface area contributed by atoms with Crippen LogP contribution >= 0.6 is 34.7 Å². The van der Waals surface area contributed by atoms with Gasteiger partial charge in [0.2, 0.25) is 5.91 Å². The fraction of sp³-hybridized carbons (Fsp3) is 0.455. The molecule has 0 aliphatic rings. The summed E-state index contributed by atoms with van der Waals surface area (Å²) < 4.78 is 0.694. The van der Waals surface area contributed by atoms with Gasteiger partial charge in [-0.1, -0.05) is 11.6 Å². The number of hydrogen-bond acceptors (Lipinski definition) is 4. The zero-order valence-electron chi connectivity index (χ0n) is 10.1. The van der Waals surface area contributed by atoms with Gasteiger partial charge in [0.05, 0.1) is 21.9 Å². The van der Waals surface area contributed by atoms with Crippen molar-refractivity contribution in [3.8, 4) is 0 Å². The smallest absolute Gasteiger partial charge is 0.316 e. The van der Waals surface area contributed by atoms with Crippen molar-refractivity contribution in [2.45, 2.75) is 18.7 Å². The quantitative estimate of drug-likeness (QED) is 0.877. The molecule has 7 heteroatoms. The summed E-state index contributed by atoms with van der Waals surface area (Å²) in [6, 6.07) is 3.67. The van der Waals surface area contributed by atoms with E-state index in [9.17, 15) is 9.59 Å². The highest BCUT2D eigenvalue weighted by Gasteiger charge is 2.16. The Morgan fingerprint density at radius 1 is 1.56 bits per heavy atom. The largest absolute Gasteiger partial charge is 0.480 e. The second-order valence-corrected chi connectivity index (χ2v) is 6.88. The molecular weight excluding hydrogens is 294 g/mol. The molecule has 1 heterocycles. The molecule has 1 amide bonds. The normalized spacial score (nSPS) is 12.2. The van der Waals surface area contributed by atoms with Crippen LogP contribution in [0, 0.1) is 0 Å². The molecule has 0 fully saturated rings. The second-order valence-electron chi connectivity index (χ2n) is 3.75. The van der Waals surface area contributed by atoms with Crippen molar-refractivity contribution in [2.24, 2.45) is 0 Å². The van der Waals surface area contributed by atoms with E-state index in [1.54, 1.807) is 24.9 Å². The van der Waals surface area contributed by atoms with Gasteiger partial charge in [-0.2, -0.15) is 0 Å². The minimum absolute atomic E-state index is 0.0855. The fourth-order valence-electron chi connectivity index (χ4n) is 1.14. The van der Waals surface area contributed by atoms with E-state index in [1.807, 2.05) is 6.07 Å². The van der Waals surface area contributed by atoms with Gasteiger partial charge in [0, 0.05) is 11.9 Å². The summed E-state index contributed by atoms with van der Waals surface area (Å²) in [6.07, 6.45) is 0. The Labute approximate surface area is 119 Å². The molecule has 1 aromatic rings. The lowest BCUT2D eigenvalue weighted by atomic mass is 10.4. The minimum atomic E-state index is -0.902. The van der Waals surface area contributed by atoms with E-state index in [-0.39, 0.29) is 11.7 Å². The summed E-state index contributed by atoms with van der Waals surface area (Å²) in [5.74, 6) is -0.818. The first-order chi connectivity index (χ1) is 8.40. The second kappa shape index (κ2) is 7.01. The van der Waals surface area contributed by atoms with Crippen molar-refractivity contribution < 1.29 is 14.7 Å². The summed E-state index contributed by atoms with van der Waals surface area (Å²) in [6.45, 7) is 2.07. The summed E-state index contributed by atoms with van der Waals surface area (Å²) in [5.41, 5.74) is 0. The Bertz CT molecular complexity index is 436. The number of rotatable bonds is 6. The first kappa shape index (κ1) is 15.3. The van der Waals surface area contributed by atoms with Crippen molar-refractivity contribution in [3.63, 3.8) is 0 Å². The number of carbonyl (C=O) groups is 2. The molecule has 100 valence electrons. The van der Waals surface area contributed by atoms with E-state index in [1.165, 1.54) is 11.3 Å². The van der Waals surface area contributed by atoms with Gasteiger partial charge in [0.25, 0.3) is 0 Å². The minimum Gasteiger partial charge on any atom is -0.480 e. The average Bonchev–Trinajstić information content (AvgIpc) is 2.70. The lowest BCUT2D eigenvalue weighted by Gasteiger charge is -2.16. The Balaban J connectivity index is 2.39. The maximum Gasteiger partial charge on any atom is 0.316 e. The molecule has 0 bridgehead atoms. The van der Waals surface area contributed by atoms with Crippen molar-refractivity contribution in [2.75, 3.05) is 12.8 Å². The van der Waals surface area contributed by atoms with Crippen LogP contribution in [0.2, 0.25) is 4.34 Å². The summed E-state index contributed by atoms with van der Waals surface area (Å²) in [7, 11) is 1.70. The molecule has 1 N–H and O–H groups in total. The number of thiophene rings is 1. The van der Waals surface area contributed by atoms with Crippen molar-refractivity contribution in [1.82, 2.24) is 4.90 Å². The van der Waals surface area contributed by atoms with E-state index in [0.717, 1.165) is 16.6 Å². The number of hydrogen-bond donors (Lipinski definition) is 1. The summed E-state index contributed by atoms with van der Waals surface area (Å²) in [4.78, 5) is 25.0. The van der Waals surface area contributed by atoms with Crippen LogP contribution in [0.1, 0.15) is 11.8 Å². The van der Waals surface area contributed by atoms with Crippen LogP contribution in [0.15, 0.2) is 12.1 Å². The lowest BCUT2D eigenvalue weighted by molar-refractivity contribution is -0.136. The molecule has 4 nitrogen and oxygen atoms in total. The van der Waals surface area contributed by atoms with Crippen molar-refractivity contribution in [1.29, 1.82) is 0 Å². The molecule has 0 saturated heterocycles. The topological polar surface area (TPSA) is 57.6 Å². The number of carbonyl (C=O) groups excluding carboxylic acids is 1. The zero-order chi connectivity index (χ0) is 13.7. The molecule has 1 rings (SSSR count). The first-order valence-corrected chi connectivity index (χ1v) is 7.47. The zero-order valence-corrected chi connectivity index (χ0v) is 12.4. The van der Waals surface area contributed by atoms with Crippen LogP contribution in [0.3, 0.4) is 0 Å². The Kier molecular flexibility index (Phi) is 5.98. The number of carboxylic acids is 1. The molecule has 1 unspecified atom stereocenters. The lowest BCUT2D eigenvalue weighted by Crippen LogP contribution is -2.28. The maximum absolute atomic E-state index is 11.8. The van der Waals surface area contributed by atoms with Gasteiger partial charge in [-0.3, -0.25) is 9.59 Å². The van der Waals surface area contributed by atoms with Gasteiger partial charge in [-0.15, -0.1) is 23.1 Å². The van der Waals surface area contributed by atoms with E-state index < -0.39 is 11.2 Å². The molecular formula is C11H14ClNO3S2. The van der Waals surface area contributed by atoms with Gasteiger partial charge < -0.3 is 10.0 Å². The Morgan fingerprint density at radius 3 is 2.72 bits per heavy atom. The molecule has 0 aromatic carbocycles. The summed E-state index contributed by atoms with van der Waals surface area (Å²) >= 11 is 8.36. The third-order valence-corrected chi connectivity index (χ3v) is 4.58. The van der Waals surface area contributed by atoms with Gasteiger partial charge in [0.15, 0.2) is 0 Å². The molecule has 1 aromatic heterocycles. The van der Waals surface area contributed by atoms with Crippen molar-refractivity contribution >= 4 is 46.6 Å². The highest BCUT2D eigenvalue weighted by atomic mass is 35.5. The van der Waals surface area contributed by atoms with E-state index in [4.69, 9.17) is 16.7 Å². The average molecular weight is 308 g/mol. The van der Waals surface area contributed by atoms with Crippen LogP contribution in [-0.2, 0) is 16.1 Å². The molecule has 0 saturated carbocycles. The molecule has 18 heavy (non-hydrogen) atoms. The standard InChI is InChI=1S/C11H14ClNO3S2/c1-7(11(15)16)17-6-10(14)13(2)5-8-3-4-9(12)18-8/h3-4,7H,5-6H2,1-2H3,(H,15,16). The number of aliphatic carboxylic acids is 1. The predicted octanol–water partition coefficient (Wildman–Crippen LogP) is 2.57. The molecule has 0 spiro atoms. The highest BCUT2D eigenvalue weighted by Crippen LogP contribution is 2.22. The van der Waals surface area contributed by atoms with Crippen LogP contribution in [0.25, 0.3) is 0 Å². The highest BCUT2D eigenvalue weighted by molar-refractivity contribution is 8.01. The number of halogens is 1. The third-order valence-electron chi connectivity index (χ3n) is 2.25. The van der Waals surface area contributed by atoms with Crippen LogP contribution < -0.4 is 0 Å². The molecule has 0 radical (unpaired) electrons. The number of amides is 1. The monoisotopic (exact) mass is 307 g/mol.